The second-order valence-corrected chi connectivity index (χ2v) is 8.01. The zero-order valence-electron chi connectivity index (χ0n) is 16.5. The van der Waals surface area contributed by atoms with Crippen molar-refractivity contribution in [3.8, 4) is 11.5 Å². The molecule has 0 aliphatic carbocycles. The molecule has 2 heterocycles. The molecule has 0 atom stereocenters. The molecule has 1 fully saturated rings. The number of benzene rings is 1. The molecule has 0 saturated carbocycles. The van der Waals surface area contributed by atoms with Gasteiger partial charge in [-0.1, -0.05) is 45.1 Å². The summed E-state index contributed by atoms with van der Waals surface area (Å²) in [7, 11) is 0. The van der Waals surface area contributed by atoms with Crippen LogP contribution in [0.1, 0.15) is 63.9 Å². The van der Waals surface area contributed by atoms with Crippen LogP contribution in [0.15, 0.2) is 18.2 Å². The third kappa shape index (κ3) is 5.16. The zero-order valence-corrected chi connectivity index (χ0v) is 16.5. The monoisotopic (exact) mass is 375 g/mol. The maximum absolute atomic E-state index is 10.9. The Kier molecular flexibility index (Phi) is 7.00. The Morgan fingerprint density at radius 1 is 1.19 bits per heavy atom. The van der Waals surface area contributed by atoms with Crippen LogP contribution in [0.5, 0.6) is 11.5 Å². The first-order valence-electron chi connectivity index (χ1n) is 10.5. The van der Waals surface area contributed by atoms with E-state index in [4.69, 9.17) is 14.6 Å². The van der Waals surface area contributed by atoms with Gasteiger partial charge in [0.2, 0.25) is 0 Å². The van der Waals surface area contributed by atoms with Gasteiger partial charge in [-0.15, -0.1) is 0 Å². The molecule has 0 amide bonds. The number of carboxylic acids is 1. The van der Waals surface area contributed by atoms with Crippen LogP contribution in [0, 0.1) is 0 Å². The minimum Gasteiger partial charge on any atom is -0.493 e. The number of ether oxygens (including phenoxy) is 2. The van der Waals surface area contributed by atoms with E-state index in [0.717, 1.165) is 50.5 Å². The number of likely N-dealkylation sites (tertiary alicyclic amines) is 1. The molecular weight excluding hydrogens is 342 g/mol. The van der Waals surface area contributed by atoms with Gasteiger partial charge in [0.25, 0.3) is 0 Å². The van der Waals surface area contributed by atoms with E-state index < -0.39 is 5.97 Å². The molecule has 27 heavy (non-hydrogen) atoms. The number of piperidine rings is 1. The second-order valence-electron chi connectivity index (χ2n) is 8.01. The Hall–Kier alpha value is -1.75. The van der Waals surface area contributed by atoms with Gasteiger partial charge >= 0.3 is 5.97 Å². The predicted molar refractivity (Wildman–Crippen MR) is 106 cm³/mol. The molecule has 0 bridgehead atoms. The quantitative estimate of drug-likeness (QED) is 0.620. The van der Waals surface area contributed by atoms with E-state index in [2.05, 4.69) is 19.1 Å². The van der Waals surface area contributed by atoms with Crippen LogP contribution in [-0.4, -0.2) is 48.8 Å². The molecule has 0 radical (unpaired) electrons. The summed E-state index contributed by atoms with van der Waals surface area (Å²) in [6, 6.07) is 6.26. The number of carbonyl (C=O) groups is 1. The Labute approximate surface area is 162 Å². The Morgan fingerprint density at radius 2 is 1.93 bits per heavy atom. The maximum Gasteiger partial charge on any atom is 0.317 e. The van der Waals surface area contributed by atoms with E-state index in [-0.39, 0.29) is 12.0 Å². The second kappa shape index (κ2) is 9.45. The number of hydrogen-bond donors (Lipinski definition) is 1. The van der Waals surface area contributed by atoms with Crippen molar-refractivity contribution >= 4 is 5.97 Å². The van der Waals surface area contributed by atoms with E-state index in [1.165, 1.54) is 37.7 Å². The summed E-state index contributed by atoms with van der Waals surface area (Å²) in [5, 5.41) is 8.97. The zero-order chi connectivity index (χ0) is 19.1. The average Bonchev–Trinajstić information content (AvgIpc) is 3.00. The lowest BCUT2D eigenvalue weighted by molar-refractivity contribution is -0.138. The lowest BCUT2D eigenvalue weighted by Gasteiger charge is -2.37. The summed E-state index contributed by atoms with van der Waals surface area (Å²) in [4.78, 5) is 12.9. The van der Waals surface area contributed by atoms with Crippen molar-refractivity contribution in [1.29, 1.82) is 0 Å². The van der Waals surface area contributed by atoms with E-state index in [9.17, 15) is 4.79 Å². The van der Waals surface area contributed by atoms with Crippen LogP contribution in [0.4, 0.5) is 0 Å². The predicted octanol–water partition coefficient (Wildman–Crippen LogP) is 4.24. The number of carboxylic acid groups (broad SMARTS) is 1. The van der Waals surface area contributed by atoms with Crippen molar-refractivity contribution in [2.75, 3.05) is 32.8 Å². The molecule has 1 N–H and O–H groups in total. The fraction of sp³-hybridized carbons (Fsp3) is 0.682. The molecule has 1 saturated heterocycles. The van der Waals surface area contributed by atoms with Gasteiger partial charge in [0.05, 0.1) is 19.8 Å². The molecule has 1 aromatic rings. The SMILES string of the molecule is CCCCCCCCOc1ccc2c(c1)OCC21CCN(CC(=O)O)CC1. The number of rotatable bonds is 10. The minimum absolute atomic E-state index is 0.0438. The van der Waals surface area contributed by atoms with E-state index in [1.807, 2.05) is 11.0 Å². The number of hydrogen-bond acceptors (Lipinski definition) is 4. The highest BCUT2D eigenvalue weighted by molar-refractivity contribution is 5.69. The van der Waals surface area contributed by atoms with Crippen LogP contribution < -0.4 is 9.47 Å². The summed E-state index contributed by atoms with van der Waals surface area (Å²) in [5.74, 6) is 1.09. The van der Waals surface area contributed by atoms with Crippen molar-refractivity contribution in [2.24, 2.45) is 0 Å². The minimum atomic E-state index is -0.749. The standard InChI is InChI=1S/C22H33NO4/c1-2-3-4-5-6-7-14-26-18-8-9-19-20(15-18)27-17-22(19)10-12-23(13-11-22)16-21(24)25/h8-9,15H,2-7,10-14,16-17H2,1H3,(H,24,25). The molecular formula is C22H33NO4. The number of unbranched alkanes of at least 4 members (excludes halogenated alkanes) is 5. The summed E-state index contributed by atoms with van der Waals surface area (Å²) in [5.41, 5.74) is 1.31. The fourth-order valence-electron chi connectivity index (χ4n) is 4.26. The molecule has 5 heteroatoms. The molecule has 0 unspecified atom stereocenters. The smallest absolute Gasteiger partial charge is 0.317 e. The highest BCUT2D eigenvalue weighted by Gasteiger charge is 2.43. The van der Waals surface area contributed by atoms with Crippen LogP contribution in [-0.2, 0) is 10.2 Å². The first kappa shape index (κ1) is 20.0. The van der Waals surface area contributed by atoms with Crippen molar-refractivity contribution in [3.63, 3.8) is 0 Å². The molecule has 2 aliphatic rings. The molecule has 0 aromatic heterocycles. The first-order chi connectivity index (χ1) is 13.1. The van der Waals surface area contributed by atoms with Gasteiger partial charge in [-0.3, -0.25) is 9.69 Å². The van der Waals surface area contributed by atoms with Gasteiger partial charge in [0.15, 0.2) is 0 Å². The maximum atomic E-state index is 10.9. The van der Waals surface area contributed by atoms with Crippen molar-refractivity contribution < 1.29 is 19.4 Å². The molecule has 1 spiro atoms. The van der Waals surface area contributed by atoms with E-state index in [1.54, 1.807) is 0 Å². The highest BCUT2D eigenvalue weighted by atomic mass is 16.5. The third-order valence-electron chi connectivity index (χ3n) is 5.97. The van der Waals surface area contributed by atoms with Gasteiger partial charge in [-0.25, -0.2) is 0 Å². The number of aliphatic carboxylic acids is 1. The molecule has 3 rings (SSSR count). The fourth-order valence-corrected chi connectivity index (χ4v) is 4.26. The average molecular weight is 376 g/mol. The summed E-state index contributed by atoms with van der Waals surface area (Å²) in [6.07, 6.45) is 9.48. The van der Waals surface area contributed by atoms with Gasteiger partial charge in [0, 0.05) is 17.0 Å². The Morgan fingerprint density at radius 3 is 2.67 bits per heavy atom. The summed E-state index contributed by atoms with van der Waals surface area (Å²) < 4.78 is 11.9. The van der Waals surface area contributed by atoms with Gasteiger partial charge < -0.3 is 14.6 Å². The van der Waals surface area contributed by atoms with Crippen molar-refractivity contribution in [2.45, 2.75) is 63.7 Å². The van der Waals surface area contributed by atoms with Crippen molar-refractivity contribution in [1.82, 2.24) is 4.90 Å². The molecule has 1 aromatic carbocycles. The first-order valence-corrected chi connectivity index (χ1v) is 10.5. The topological polar surface area (TPSA) is 59.0 Å². The van der Waals surface area contributed by atoms with Gasteiger partial charge in [0.1, 0.15) is 11.5 Å². The molecule has 150 valence electrons. The van der Waals surface area contributed by atoms with Crippen LogP contribution in [0.2, 0.25) is 0 Å². The largest absolute Gasteiger partial charge is 0.493 e. The number of nitrogens with zero attached hydrogens (tertiary/aromatic N) is 1. The summed E-state index contributed by atoms with van der Waals surface area (Å²) in [6.45, 7) is 5.46. The van der Waals surface area contributed by atoms with Crippen LogP contribution >= 0.6 is 0 Å². The number of fused-ring (bicyclic) bond motifs is 2. The Balaban J connectivity index is 1.48. The lowest BCUT2D eigenvalue weighted by Crippen LogP contribution is -2.45. The molecule has 2 aliphatic heterocycles. The van der Waals surface area contributed by atoms with Crippen molar-refractivity contribution in [3.05, 3.63) is 23.8 Å². The van der Waals surface area contributed by atoms with E-state index >= 15 is 0 Å². The lowest BCUT2D eigenvalue weighted by atomic mass is 9.74. The van der Waals surface area contributed by atoms with Gasteiger partial charge in [-0.05, 0) is 38.4 Å². The summed E-state index contributed by atoms with van der Waals surface area (Å²) >= 11 is 0. The highest BCUT2D eigenvalue weighted by Crippen LogP contribution is 2.46. The van der Waals surface area contributed by atoms with Crippen LogP contribution in [0.3, 0.4) is 0 Å². The normalized spacial score (nSPS) is 18.3. The van der Waals surface area contributed by atoms with E-state index in [0.29, 0.717) is 6.61 Å². The van der Waals surface area contributed by atoms with Gasteiger partial charge in [-0.2, -0.15) is 0 Å². The molecule has 5 nitrogen and oxygen atoms in total. The Bertz CT molecular complexity index is 623. The third-order valence-corrected chi connectivity index (χ3v) is 5.97. The van der Waals surface area contributed by atoms with Crippen LogP contribution in [0.25, 0.3) is 0 Å².